The third-order valence-corrected chi connectivity index (χ3v) is 6.30. The number of piperidine rings is 1. The van der Waals surface area contributed by atoms with E-state index < -0.39 is 0 Å². The van der Waals surface area contributed by atoms with E-state index in [0.717, 1.165) is 24.2 Å². The Hall–Kier alpha value is -3.06. The van der Waals surface area contributed by atoms with Crippen molar-refractivity contribution >= 4 is 11.7 Å². The van der Waals surface area contributed by atoms with Gasteiger partial charge < -0.3 is 19.5 Å². The smallest absolute Gasteiger partial charge is 0.237 e. The number of carbonyl (C=O) groups is 2. The molecule has 1 amide bonds. The van der Waals surface area contributed by atoms with Crippen molar-refractivity contribution in [2.75, 3.05) is 33.4 Å². The lowest BCUT2D eigenvalue weighted by molar-refractivity contribution is -0.126. The third kappa shape index (κ3) is 4.88. The molecule has 1 saturated heterocycles. The maximum absolute atomic E-state index is 13.0. The fraction of sp³-hybridized carbons (Fsp3) is 0.440. The highest BCUT2D eigenvalue weighted by molar-refractivity contribution is 5.98. The Balaban J connectivity index is 1.29. The molecule has 2 aromatic carbocycles. The van der Waals surface area contributed by atoms with Crippen LogP contribution in [0.5, 0.6) is 17.2 Å². The molecule has 2 aliphatic heterocycles. The van der Waals surface area contributed by atoms with Gasteiger partial charge in [-0.15, -0.1) is 0 Å². The molecular formula is C25H30N2O5. The summed E-state index contributed by atoms with van der Waals surface area (Å²) in [6.07, 6.45) is 1.47. The van der Waals surface area contributed by atoms with Crippen LogP contribution in [-0.4, -0.2) is 56.0 Å². The van der Waals surface area contributed by atoms with Gasteiger partial charge in [0.25, 0.3) is 0 Å². The highest BCUT2D eigenvalue weighted by Gasteiger charge is 2.30. The second kappa shape index (κ2) is 10.0. The number of para-hydroxylation sites is 1. The lowest BCUT2D eigenvalue weighted by Gasteiger charge is -2.34. The molecule has 4 rings (SSSR count). The number of rotatable bonds is 7. The maximum atomic E-state index is 13.0. The molecule has 0 spiro atoms. The Kier molecular flexibility index (Phi) is 6.95. The van der Waals surface area contributed by atoms with Gasteiger partial charge >= 0.3 is 0 Å². The first kappa shape index (κ1) is 22.1. The average Bonchev–Trinajstić information content (AvgIpc) is 2.86. The minimum absolute atomic E-state index is 0.0208. The largest absolute Gasteiger partial charge is 0.496 e. The molecule has 0 aliphatic carbocycles. The SMILES string of the molecule is COc1ccccc1CNC(=O)[C@H](C)N1CCC(C(=O)c2ccc3c(c2)OCCO3)CC1. The van der Waals surface area contributed by atoms with Gasteiger partial charge in [0.05, 0.1) is 13.2 Å². The lowest BCUT2D eigenvalue weighted by Crippen LogP contribution is -2.48. The number of benzene rings is 2. The van der Waals surface area contributed by atoms with Crippen LogP contribution in [0.2, 0.25) is 0 Å². The Morgan fingerprint density at radius 1 is 1.09 bits per heavy atom. The molecule has 0 saturated carbocycles. The van der Waals surface area contributed by atoms with Crippen molar-refractivity contribution in [1.29, 1.82) is 0 Å². The quantitative estimate of drug-likeness (QED) is 0.670. The van der Waals surface area contributed by atoms with Crippen molar-refractivity contribution in [3.8, 4) is 17.2 Å². The van der Waals surface area contributed by atoms with E-state index in [9.17, 15) is 9.59 Å². The highest BCUT2D eigenvalue weighted by atomic mass is 16.6. The lowest BCUT2D eigenvalue weighted by atomic mass is 9.88. The summed E-state index contributed by atoms with van der Waals surface area (Å²) in [4.78, 5) is 27.9. The molecule has 2 aromatic rings. The number of hydrogen-bond donors (Lipinski definition) is 1. The fourth-order valence-corrected chi connectivity index (χ4v) is 4.33. The molecule has 170 valence electrons. The number of likely N-dealkylation sites (tertiary alicyclic amines) is 1. The van der Waals surface area contributed by atoms with Crippen LogP contribution in [0.25, 0.3) is 0 Å². The number of hydrogen-bond acceptors (Lipinski definition) is 6. The maximum Gasteiger partial charge on any atom is 0.237 e. The van der Waals surface area contributed by atoms with Crippen molar-refractivity contribution in [2.45, 2.75) is 32.4 Å². The number of ketones is 1. The minimum Gasteiger partial charge on any atom is -0.496 e. The molecule has 1 N–H and O–H groups in total. The van der Waals surface area contributed by atoms with Crippen molar-refractivity contribution in [1.82, 2.24) is 10.2 Å². The summed E-state index contributed by atoms with van der Waals surface area (Å²) in [6, 6.07) is 12.8. The molecule has 0 aromatic heterocycles. The first-order chi connectivity index (χ1) is 15.6. The summed E-state index contributed by atoms with van der Waals surface area (Å²) in [7, 11) is 1.62. The predicted molar refractivity (Wildman–Crippen MR) is 120 cm³/mol. The van der Waals surface area contributed by atoms with E-state index in [0.29, 0.717) is 49.9 Å². The van der Waals surface area contributed by atoms with Crippen LogP contribution in [0.4, 0.5) is 0 Å². The van der Waals surface area contributed by atoms with Crippen LogP contribution >= 0.6 is 0 Å². The van der Waals surface area contributed by atoms with E-state index in [1.807, 2.05) is 43.3 Å². The van der Waals surface area contributed by atoms with Gasteiger partial charge in [0, 0.05) is 23.6 Å². The van der Waals surface area contributed by atoms with Gasteiger partial charge in [-0.1, -0.05) is 18.2 Å². The molecule has 0 unspecified atom stereocenters. The zero-order valence-electron chi connectivity index (χ0n) is 18.6. The fourth-order valence-electron chi connectivity index (χ4n) is 4.33. The van der Waals surface area contributed by atoms with E-state index in [1.54, 1.807) is 13.2 Å². The molecule has 32 heavy (non-hydrogen) atoms. The monoisotopic (exact) mass is 438 g/mol. The van der Waals surface area contributed by atoms with Crippen LogP contribution in [0.1, 0.15) is 35.7 Å². The summed E-state index contributed by atoms with van der Waals surface area (Å²) in [5.41, 5.74) is 1.61. The molecule has 1 fully saturated rings. The van der Waals surface area contributed by atoms with Crippen molar-refractivity contribution in [3.05, 3.63) is 53.6 Å². The van der Waals surface area contributed by atoms with E-state index in [-0.39, 0.29) is 23.7 Å². The standard InChI is InChI=1S/C25H30N2O5/c1-17(25(29)26-16-20-5-3-4-6-21(20)30-2)27-11-9-18(10-12-27)24(28)19-7-8-22-23(15-19)32-14-13-31-22/h3-8,15,17-18H,9-14,16H2,1-2H3,(H,26,29)/t17-/m0/s1. The second-order valence-electron chi connectivity index (χ2n) is 8.24. The molecule has 7 nitrogen and oxygen atoms in total. The highest BCUT2D eigenvalue weighted by Crippen LogP contribution is 2.32. The number of Topliss-reactive ketones (excluding diaryl/α,β-unsaturated/α-hetero) is 1. The zero-order valence-corrected chi connectivity index (χ0v) is 18.6. The summed E-state index contributed by atoms with van der Waals surface area (Å²) in [5, 5.41) is 3.01. The number of nitrogens with zero attached hydrogens (tertiary/aromatic N) is 1. The van der Waals surface area contributed by atoms with E-state index in [4.69, 9.17) is 14.2 Å². The van der Waals surface area contributed by atoms with Crippen LogP contribution < -0.4 is 19.5 Å². The van der Waals surface area contributed by atoms with Crippen LogP contribution in [0.15, 0.2) is 42.5 Å². The predicted octanol–water partition coefficient (Wildman–Crippen LogP) is 3.07. The number of nitrogens with one attached hydrogen (secondary N) is 1. The second-order valence-corrected chi connectivity index (χ2v) is 8.24. The minimum atomic E-state index is -0.255. The summed E-state index contributed by atoms with van der Waals surface area (Å²) >= 11 is 0. The van der Waals surface area contributed by atoms with Gasteiger partial charge in [-0.05, 0) is 57.1 Å². The van der Waals surface area contributed by atoms with Crippen LogP contribution in [-0.2, 0) is 11.3 Å². The van der Waals surface area contributed by atoms with Crippen LogP contribution in [0, 0.1) is 5.92 Å². The van der Waals surface area contributed by atoms with Gasteiger partial charge in [0.1, 0.15) is 19.0 Å². The molecule has 0 radical (unpaired) electrons. The van der Waals surface area contributed by atoms with E-state index >= 15 is 0 Å². The first-order valence-electron chi connectivity index (χ1n) is 11.1. The van der Waals surface area contributed by atoms with Gasteiger partial charge in [0.15, 0.2) is 17.3 Å². The van der Waals surface area contributed by atoms with Crippen molar-refractivity contribution < 1.29 is 23.8 Å². The summed E-state index contributed by atoms with van der Waals surface area (Å²) in [5.74, 6) is 2.16. The molecule has 1 atom stereocenters. The molecule has 2 heterocycles. The van der Waals surface area contributed by atoms with E-state index in [1.165, 1.54) is 0 Å². The summed E-state index contributed by atoms with van der Waals surface area (Å²) in [6.45, 7) is 4.80. The molecule has 0 bridgehead atoms. The van der Waals surface area contributed by atoms with Crippen molar-refractivity contribution in [2.24, 2.45) is 5.92 Å². The number of ether oxygens (including phenoxy) is 3. The first-order valence-corrected chi connectivity index (χ1v) is 11.1. The van der Waals surface area contributed by atoms with Gasteiger partial charge in [-0.3, -0.25) is 14.5 Å². The Labute approximate surface area is 188 Å². The average molecular weight is 439 g/mol. The Morgan fingerprint density at radius 3 is 2.56 bits per heavy atom. The molecule has 2 aliphatic rings. The zero-order chi connectivity index (χ0) is 22.5. The van der Waals surface area contributed by atoms with Gasteiger partial charge in [0.2, 0.25) is 5.91 Å². The normalized spacial score (nSPS) is 17.4. The summed E-state index contributed by atoms with van der Waals surface area (Å²) < 4.78 is 16.5. The third-order valence-electron chi connectivity index (χ3n) is 6.30. The molecule has 7 heteroatoms. The van der Waals surface area contributed by atoms with Crippen LogP contribution in [0.3, 0.4) is 0 Å². The van der Waals surface area contributed by atoms with E-state index in [2.05, 4.69) is 10.2 Å². The Morgan fingerprint density at radius 2 is 1.81 bits per heavy atom. The molecular weight excluding hydrogens is 408 g/mol. The number of carbonyl (C=O) groups excluding carboxylic acids is 2. The van der Waals surface area contributed by atoms with Gasteiger partial charge in [-0.2, -0.15) is 0 Å². The number of amides is 1. The topological polar surface area (TPSA) is 77.1 Å². The van der Waals surface area contributed by atoms with Crippen molar-refractivity contribution in [3.63, 3.8) is 0 Å². The van der Waals surface area contributed by atoms with Gasteiger partial charge in [-0.25, -0.2) is 0 Å². The number of fused-ring (bicyclic) bond motifs is 1. The number of methoxy groups -OCH3 is 1. The Bertz CT molecular complexity index is 969.